The summed E-state index contributed by atoms with van der Waals surface area (Å²) in [6.07, 6.45) is 0.687. The number of anilines is 1. The third-order valence-corrected chi connectivity index (χ3v) is 3.36. The normalized spacial score (nSPS) is 10.4. The minimum atomic E-state index is -0.217. The molecular formula is C15H20N4O2. The van der Waals surface area contributed by atoms with E-state index >= 15 is 0 Å². The molecule has 6 heteroatoms. The number of hydrogen-bond acceptors (Lipinski definition) is 4. The van der Waals surface area contributed by atoms with Gasteiger partial charge in [0.2, 0.25) is 0 Å². The lowest BCUT2D eigenvalue weighted by Crippen LogP contribution is -2.28. The van der Waals surface area contributed by atoms with Crippen LogP contribution < -0.4 is 15.8 Å². The lowest BCUT2D eigenvalue weighted by atomic mass is 10.1. The van der Waals surface area contributed by atoms with Gasteiger partial charge in [0, 0.05) is 13.6 Å². The van der Waals surface area contributed by atoms with Gasteiger partial charge >= 0.3 is 0 Å². The Morgan fingerprint density at radius 1 is 1.43 bits per heavy atom. The Balaban J connectivity index is 1.99. The monoisotopic (exact) mass is 288 g/mol. The second kappa shape index (κ2) is 6.30. The summed E-state index contributed by atoms with van der Waals surface area (Å²) >= 11 is 0. The fourth-order valence-corrected chi connectivity index (χ4v) is 2.25. The maximum Gasteiger partial charge on any atom is 0.271 e. The highest BCUT2D eigenvalue weighted by Crippen LogP contribution is 2.18. The maximum absolute atomic E-state index is 12.2. The standard InChI is InChI=1S/C15H20N4O2/c1-10-13(16)14(19(2)18-10)15(20)17-9-8-11-6-4-5-7-12(11)21-3/h4-7H,8-9,16H2,1-3H3,(H,17,20). The Morgan fingerprint density at radius 2 is 2.14 bits per heavy atom. The molecule has 1 amide bonds. The molecule has 0 unspecified atom stereocenters. The van der Waals surface area contributed by atoms with Gasteiger partial charge in [0.15, 0.2) is 0 Å². The molecule has 0 bridgehead atoms. The summed E-state index contributed by atoms with van der Waals surface area (Å²) in [5.41, 5.74) is 8.40. The SMILES string of the molecule is COc1ccccc1CCNC(=O)c1c(N)c(C)nn1C. The summed E-state index contributed by atoms with van der Waals surface area (Å²) in [6, 6.07) is 7.75. The second-order valence-electron chi connectivity index (χ2n) is 4.79. The number of rotatable bonds is 5. The molecular weight excluding hydrogens is 268 g/mol. The molecule has 0 aliphatic carbocycles. The minimum Gasteiger partial charge on any atom is -0.496 e. The summed E-state index contributed by atoms with van der Waals surface area (Å²) in [6.45, 7) is 2.28. The third kappa shape index (κ3) is 3.16. The van der Waals surface area contributed by atoms with Gasteiger partial charge in [-0.3, -0.25) is 9.48 Å². The van der Waals surface area contributed by atoms with Crippen LogP contribution in [0.2, 0.25) is 0 Å². The number of carbonyl (C=O) groups is 1. The summed E-state index contributed by atoms with van der Waals surface area (Å²) < 4.78 is 6.79. The van der Waals surface area contributed by atoms with Crippen molar-refractivity contribution in [2.45, 2.75) is 13.3 Å². The number of nitrogens with one attached hydrogen (secondary N) is 1. The second-order valence-corrected chi connectivity index (χ2v) is 4.79. The molecule has 0 fully saturated rings. The largest absolute Gasteiger partial charge is 0.496 e. The van der Waals surface area contributed by atoms with Gasteiger partial charge in [-0.15, -0.1) is 0 Å². The van der Waals surface area contributed by atoms with Crippen LogP contribution in [0.15, 0.2) is 24.3 Å². The number of benzene rings is 1. The van der Waals surface area contributed by atoms with E-state index in [2.05, 4.69) is 10.4 Å². The van der Waals surface area contributed by atoms with Crippen molar-refractivity contribution < 1.29 is 9.53 Å². The van der Waals surface area contributed by atoms with Gasteiger partial charge in [-0.1, -0.05) is 18.2 Å². The van der Waals surface area contributed by atoms with Crippen LogP contribution in [0.5, 0.6) is 5.75 Å². The Hall–Kier alpha value is -2.50. The van der Waals surface area contributed by atoms with E-state index in [1.54, 1.807) is 21.1 Å². The van der Waals surface area contributed by atoms with Crippen LogP contribution in [0.25, 0.3) is 0 Å². The molecule has 2 rings (SSSR count). The lowest BCUT2D eigenvalue weighted by molar-refractivity contribution is 0.0945. The van der Waals surface area contributed by atoms with Gasteiger partial charge in [-0.25, -0.2) is 0 Å². The fourth-order valence-electron chi connectivity index (χ4n) is 2.25. The number of aryl methyl sites for hydroxylation is 2. The zero-order valence-corrected chi connectivity index (χ0v) is 12.5. The van der Waals surface area contributed by atoms with Crippen LogP contribution in [0.4, 0.5) is 5.69 Å². The van der Waals surface area contributed by atoms with E-state index in [1.165, 1.54) is 4.68 Å². The Labute approximate surface area is 123 Å². The average molecular weight is 288 g/mol. The number of aromatic nitrogens is 2. The number of nitrogen functional groups attached to an aromatic ring is 1. The Kier molecular flexibility index (Phi) is 4.47. The first kappa shape index (κ1) is 14.9. The average Bonchev–Trinajstić information content (AvgIpc) is 2.72. The summed E-state index contributed by atoms with van der Waals surface area (Å²) in [4.78, 5) is 12.2. The van der Waals surface area contributed by atoms with Crippen molar-refractivity contribution in [1.82, 2.24) is 15.1 Å². The summed E-state index contributed by atoms with van der Waals surface area (Å²) in [5.74, 6) is 0.605. The quantitative estimate of drug-likeness (QED) is 0.868. The smallest absolute Gasteiger partial charge is 0.271 e. The number of hydrogen-bond donors (Lipinski definition) is 2. The highest BCUT2D eigenvalue weighted by atomic mass is 16.5. The summed E-state index contributed by atoms with van der Waals surface area (Å²) in [7, 11) is 3.34. The van der Waals surface area contributed by atoms with Crippen LogP contribution in [-0.4, -0.2) is 29.3 Å². The van der Waals surface area contributed by atoms with Gasteiger partial charge < -0.3 is 15.8 Å². The van der Waals surface area contributed by atoms with Crippen molar-refractivity contribution in [2.75, 3.05) is 19.4 Å². The molecule has 1 heterocycles. The molecule has 0 aliphatic rings. The number of ether oxygens (including phenoxy) is 1. The first-order valence-electron chi connectivity index (χ1n) is 6.73. The van der Waals surface area contributed by atoms with E-state index in [1.807, 2.05) is 24.3 Å². The van der Waals surface area contributed by atoms with Crippen LogP contribution >= 0.6 is 0 Å². The lowest BCUT2D eigenvalue weighted by Gasteiger charge is -2.09. The predicted octanol–water partition coefficient (Wildman–Crippen LogP) is 1.29. The summed E-state index contributed by atoms with van der Waals surface area (Å²) in [5, 5.41) is 6.99. The predicted molar refractivity (Wildman–Crippen MR) is 81.4 cm³/mol. The van der Waals surface area contributed by atoms with E-state index in [0.717, 1.165) is 11.3 Å². The maximum atomic E-state index is 12.2. The van der Waals surface area contributed by atoms with Crippen molar-refractivity contribution in [3.8, 4) is 5.75 Å². The van der Waals surface area contributed by atoms with Gasteiger partial charge in [-0.2, -0.15) is 5.10 Å². The van der Waals surface area contributed by atoms with Crippen LogP contribution in [0, 0.1) is 6.92 Å². The van der Waals surface area contributed by atoms with Crippen molar-refractivity contribution >= 4 is 11.6 Å². The van der Waals surface area contributed by atoms with E-state index in [0.29, 0.717) is 30.0 Å². The van der Waals surface area contributed by atoms with Gasteiger partial charge in [0.05, 0.1) is 18.5 Å². The molecule has 0 saturated carbocycles. The molecule has 112 valence electrons. The van der Waals surface area contributed by atoms with Crippen LogP contribution in [0.1, 0.15) is 21.7 Å². The first-order valence-corrected chi connectivity index (χ1v) is 6.73. The number of nitrogens with two attached hydrogens (primary N) is 1. The molecule has 21 heavy (non-hydrogen) atoms. The first-order chi connectivity index (χ1) is 10.0. The molecule has 1 aromatic heterocycles. The van der Waals surface area contributed by atoms with Crippen molar-refractivity contribution in [2.24, 2.45) is 7.05 Å². The molecule has 0 spiro atoms. The molecule has 0 saturated heterocycles. The number of para-hydroxylation sites is 1. The van der Waals surface area contributed by atoms with Crippen molar-refractivity contribution in [3.05, 3.63) is 41.2 Å². The van der Waals surface area contributed by atoms with Gasteiger partial charge in [-0.05, 0) is 25.0 Å². The Morgan fingerprint density at radius 3 is 2.76 bits per heavy atom. The van der Waals surface area contributed by atoms with E-state index in [4.69, 9.17) is 10.5 Å². The number of methoxy groups -OCH3 is 1. The number of carbonyl (C=O) groups excluding carboxylic acids is 1. The van der Waals surface area contributed by atoms with Crippen LogP contribution in [0.3, 0.4) is 0 Å². The number of amides is 1. The molecule has 2 aromatic rings. The van der Waals surface area contributed by atoms with Crippen molar-refractivity contribution in [1.29, 1.82) is 0 Å². The van der Waals surface area contributed by atoms with Gasteiger partial charge in [0.25, 0.3) is 5.91 Å². The fraction of sp³-hybridized carbons (Fsp3) is 0.333. The molecule has 0 atom stereocenters. The molecule has 6 nitrogen and oxygen atoms in total. The van der Waals surface area contributed by atoms with E-state index < -0.39 is 0 Å². The van der Waals surface area contributed by atoms with Gasteiger partial charge in [0.1, 0.15) is 11.4 Å². The Bertz CT molecular complexity index is 649. The minimum absolute atomic E-state index is 0.217. The molecule has 3 N–H and O–H groups in total. The zero-order valence-electron chi connectivity index (χ0n) is 12.5. The molecule has 1 aromatic carbocycles. The van der Waals surface area contributed by atoms with Crippen molar-refractivity contribution in [3.63, 3.8) is 0 Å². The number of nitrogens with zero attached hydrogens (tertiary/aromatic N) is 2. The highest BCUT2D eigenvalue weighted by molar-refractivity contribution is 5.97. The molecule has 0 aliphatic heterocycles. The molecule has 0 radical (unpaired) electrons. The van der Waals surface area contributed by atoms with E-state index in [9.17, 15) is 4.79 Å². The van der Waals surface area contributed by atoms with E-state index in [-0.39, 0.29) is 5.91 Å². The zero-order chi connectivity index (χ0) is 15.4. The van der Waals surface area contributed by atoms with Crippen LogP contribution in [-0.2, 0) is 13.5 Å². The topological polar surface area (TPSA) is 82.2 Å². The third-order valence-electron chi connectivity index (χ3n) is 3.36. The highest BCUT2D eigenvalue weighted by Gasteiger charge is 2.17.